The van der Waals surface area contributed by atoms with Crippen LogP contribution >= 0.6 is 0 Å². The number of carboxylic acids is 1. The lowest BCUT2D eigenvalue weighted by Gasteiger charge is -2.53. The second kappa shape index (κ2) is 11.1. The van der Waals surface area contributed by atoms with Crippen LogP contribution in [0.4, 0.5) is 0 Å². The average molecular weight is 433 g/mol. The van der Waals surface area contributed by atoms with Crippen LogP contribution in [0, 0.1) is 29.1 Å². The van der Waals surface area contributed by atoms with Crippen molar-refractivity contribution in [1.29, 1.82) is 0 Å². The Bertz CT molecular complexity index is 638. The topological polar surface area (TPSA) is 74.6 Å². The second-order valence-electron chi connectivity index (χ2n) is 10.8. The SMILES string of the molecule is C1CCCCC1.CCC(=O)O.C[C@]12CC[C@H]3[C@@H](CCC4=CC(=O)CC[C@@H]43)[C@@H]1CC[C@@H]2O. The van der Waals surface area contributed by atoms with Crippen LogP contribution in [0.15, 0.2) is 11.6 Å². The Morgan fingerprint density at radius 3 is 2.16 bits per heavy atom. The fourth-order valence-corrected chi connectivity index (χ4v) is 7.21. The molecule has 0 heterocycles. The molecule has 4 heteroatoms. The van der Waals surface area contributed by atoms with Gasteiger partial charge in [0.2, 0.25) is 0 Å². The molecule has 0 aliphatic heterocycles. The zero-order chi connectivity index (χ0) is 22.4. The molecule has 0 radical (unpaired) electrons. The van der Waals surface area contributed by atoms with Crippen molar-refractivity contribution in [3.05, 3.63) is 11.6 Å². The maximum absolute atomic E-state index is 11.6. The summed E-state index contributed by atoms with van der Waals surface area (Å²) in [5.41, 5.74) is 1.65. The summed E-state index contributed by atoms with van der Waals surface area (Å²) in [5, 5.41) is 18.1. The fourth-order valence-electron chi connectivity index (χ4n) is 7.21. The van der Waals surface area contributed by atoms with Crippen LogP contribution in [0.5, 0.6) is 0 Å². The highest BCUT2D eigenvalue weighted by atomic mass is 16.4. The zero-order valence-corrected chi connectivity index (χ0v) is 19.8. The van der Waals surface area contributed by atoms with E-state index in [9.17, 15) is 14.7 Å². The Balaban J connectivity index is 0.000000205. The summed E-state index contributed by atoms with van der Waals surface area (Å²) < 4.78 is 0. The second-order valence-corrected chi connectivity index (χ2v) is 10.8. The van der Waals surface area contributed by atoms with Gasteiger partial charge < -0.3 is 10.2 Å². The van der Waals surface area contributed by atoms with E-state index < -0.39 is 5.97 Å². The van der Waals surface area contributed by atoms with Crippen LogP contribution in [0.3, 0.4) is 0 Å². The van der Waals surface area contributed by atoms with E-state index in [1.54, 1.807) is 6.92 Å². The zero-order valence-electron chi connectivity index (χ0n) is 19.8. The molecule has 0 spiro atoms. The molecule has 0 aromatic carbocycles. The molecule has 0 aromatic heterocycles. The van der Waals surface area contributed by atoms with Gasteiger partial charge in [0.1, 0.15) is 0 Å². The van der Waals surface area contributed by atoms with Gasteiger partial charge in [-0.2, -0.15) is 0 Å². The van der Waals surface area contributed by atoms with Crippen molar-refractivity contribution in [1.82, 2.24) is 0 Å². The van der Waals surface area contributed by atoms with Gasteiger partial charge in [-0.1, -0.05) is 57.9 Å². The number of rotatable bonds is 1. The quantitative estimate of drug-likeness (QED) is 0.509. The first kappa shape index (κ1) is 24.5. The highest BCUT2D eigenvalue weighted by Gasteiger charge is 2.55. The van der Waals surface area contributed by atoms with Gasteiger partial charge in [0, 0.05) is 12.8 Å². The van der Waals surface area contributed by atoms with Crippen molar-refractivity contribution in [2.45, 2.75) is 116 Å². The molecule has 4 saturated carbocycles. The monoisotopic (exact) mass is 432 g/mol. The lowest BCUT2D eigenvalue weighted by molar-refractivity contribution is -0.136. The minimum Gasteiger partial charge on any atom is -0.481 e. The Kier molecular flexibility index (Phi) is 8.78. The number of carbonyl (C=O) groups excluding carboxylic acids is 1. The highest BCUT2D eigenvalue weighted by Crippen LogP contribution is 2.61. The molecule has 0 unspecified atom stereocenters. The summed E-state index contributed by atoms with van der Waals surface area (Å²) in [5.74, 6) is 2.63. The van der Waals surface area contributed by atoms with Crippen LogP contribution in [-0.4, -0.2) is 28.1 Å². The number of carbonyl (C=O) groups is 2. The molecule has 176 valence electrons. The Morgan fingerprint density at radius 2 is 1.58 bits per heavy atom. The molecular weight excluding hydrogens is 388 g/mol. The molecule has 4 nitrogen and oxygen atoms in total. The third-order valence-corrected chi connectivity index (χ3v) is 9.05. The Labute approximate surface area is 188 Å². The first-order valence-corrected chi connectivity index (χ1v) is 13.0. The van der Waals surface area contributed by atoms with Crippen molar-refractivity contribution in [2.24, 2.45) is 29.1 Å². The van der Waals surface area contributed by atoms with E-state index in [2.05, 4.69) is 6.92 Å². The third-order valence-electron chi connectivity index (χ3n) is 9.05. The van der Waals surface area contributed by atoms with E-state index in [-0.39, 0.29) is 17.9 Å². The van der Waals surface area contributed by atoms with Gasteiger partial charge in [-0.05, 0) is 80.1 Å². The number of aliphatic hydroxyl groups excluding tert-OH is 1. The molecule has 4 fully saturated rings. The predicted octanol–water partition coefficient (Wildman–Crippen LogP) is 6.31. The maximum atomic E-state index is 11.6. The molecule has 2 N–H and O–H groups in total. The van der Waals surface area contributed by atoms with Gasteiger partial charge in [0.25, 0.3) is 0 Å². The number of hydrogen-bond donors (Lipinski definition) is 2. The number of carboxylic acid groups (broad SMARTS) is 1. The van der Waals surface area contributed by atoms with Crippen LogP contribution in [-0.2, 0) is 9.59 Å². The predicted molar refractivity (Wildman–Crippen MR) is 124 cm³/mol. The molecule has 0 bridgehead atoms. The molecular formula is C27H44O4. The molecule has 31 heavy (non-hydrogen) atoms. The summed E-state index contributed by atoms with van der Waals surface area (Å²) in [6, 6.07) is 0. The number of aliphatic hydroxyl groups is 1. The van der Waals surface area contributed by atoms with E-state index in [0.29, 0.717) is 11.7 Å². The van der Waals surface area contributed by atoms with E-state index in [0.717, 1.165) is 43.4 Å². The number of allylic oxidation sites excluding steroid dienone is 1. The molecule has 0 aromatic rings. The molecule has 0 saturated heterocycles. The summed E-state index contributed by atoms with van der Waals surface area (Å²) in [4.78, 5) is 21.0. The van der Waals surface area contributed by atoms with E-state index in [1.807, 2.05) is 6.08 Å². The van der Waals surface area contributed by atoms with Gasteiger partial charge in [-0.25, -0.2) is 0 Å². The molecule has 5 aliphatic rings. The molecule has 5 aliphatic carbocycles. The number of fused-ring (bicyclic) bond motifs is 5. The summed E-state index contributed by atoms with van der Waals surface area (Å²) in [6.07, 6.45) is 20.1. The van der Waals surface area contributed by atoms with E-state index >= 15 is 0 Å². The van der Waals surface area contributed by atoms with Gasteiger partial charge in [-0.15, -0.1) is 0 Å². The lowest BCUT2D eigenvalue weighted by atomic mass is 9.52. The molecule has 5 rings (SSSR count). The normalized spacial score (nSPS) is 38.7. The summed E-state index contributed by atoms with van der Waals surface area (Å²) >= 11 is 0. The lowest BCUT2D eigenvalue weighted by Crippen LogP contribution is -2.47. The largest absolute Gasteiger partial charge is 0.481 e. The van der Waals surface area contributed by atoms with Gasteiger partial charge >= 0.3 is 5.97 Å². The summed E-state index contributed by atoms with van der Waals surface area (Å²) in [7, 11) is 0. The van der Waals surface area contributed by atoms with Crippen LogP contribution in [0.25, 0.3) is 0 Å². The van der Waals surface area contributed by atoms with Crippen molar-refractivity contribution in [3.8, 4) is 0 Å². The Morgan fingerprint density at radius 1 is 0.968 bits per heavy atom. The third kappa shape index (κ3) is 5.80. The number of ketones is 1. The maximum Gasteiger partial charge on any atom is 0.303 e. The van der Waals surface area contributed by atoms with Crippen molar-refractivity contribution >= 4 is 11.8 Å². The van der Waals surface area contributed by atoms with Crippen LogP contribution in [0.1, 0.15) is 110 Å². The van der Waals surface area contributed by atoms with Crippen molar-refractivity contribution in [3.63, 3.8) is 0 Å². The van der Waals surface area contributed by atoms with Crippen molar-refractivity contribution < 1.29 is 19.8 Å². The van der Waals surface area contributed by atoms with E-state index in [4.69, 9.17) is 5.11 Å². The standard InChI is InChI=1S/C18H26O2.C6H12.C3H6O2/c1-18-9-8-14-13-5-3-12(19)10-11(13)2-4-15(14)16(18)6-7-17(18)20;1-2-4-6-5-3-1;1-2-3(4)5/h10,13-17,20H,2-9H2,1H3;1-6H2;2H2,1H3,(H,4,5)/t13-,14+,15+,16-,17-,18-;;/m0../s1. The molecule has 0 amide bonds. The van der Waals surface area contributed by atoms with Crippen LogP contribution in [0.2, 0.25) is 0 Å². The minimum atomic E-state index is -0.745. The fraction of sp³-hybridized carbons (Fsp3) is 0.852. The first-order chi connectivity index (χ1) is 14.9. The number of hydrogen-bond acceptors (Lipinski definition) is 3. The van der Waals surface area contributed by atoms with Gasteiger partial charge in [0.05, 0.1) is 6.10 Å². The highest BCUT2D eigenvalue weighted by molar-refractivity contribution is 5.91. The minimum absolute atomic E-state index is 0.0710. The first-order valence-electron chi connectivity index (χ1n) is 13.0. The van der Waals surface area contributed by atoms with Crippen LogP contribution < -0.4 is 0 Å². The van der Waals surface area contributed by atoms with Gasteiger partial charge in [-0.3, -0.25) is 9.59 Å². The van der Waals surface area contributed by atoms with E-state index in [1.165, 1.54) is 69.8 Å². The average Bonchev–Trinajstić information content (AvgIpc) is 3.10. The smallest absolute Gasteiger partial charge is 0.303 e. The van der Waals surface area contributed by atoms with Crippen molar-refractivity contribution in [2.75, 3.05) is 0 Å². The molecule has 6 atom stereocenters. The summed E-state index contributed by atoms with van der Waals surface area (Å²) in [6.45, 7) is 3.93. The van der Waals surface area contributed by atoms with Gasteiger partial charge in [0.15, 0.2) is 5.78 Å². The Hall–Kier alpha value is -1.16. The number of aliphatic carboxylic acids is 1.